The SMILES string of the molecule is C#N.CCCCCCCCCCCCCCCCCCOP(O)OCC(CCc1ccc2c(N)ncnn12)OC.N#Cc1cc(F)cc(CO)c1. The van der Waals surface area contributed by atoms with E-state index in [2.05, 4.69) is 23.6 Å². The first-order valence-electron chi connectivity index (χ1n) is 18.3. The molecule has 3 aromatic rings. The van der Waals surface area contributed by atoms with Crippen LogP contribution in [0, 0.1) is 29.0 Å². The minimum atomic E-state index is -1.87. The monoisotopic (exact) mass is 730 g/mol. The molecule has 0 amide bonds. The minimum absolute atomic E-state index is 0.143. The summed E-state index contributed by atoms with van der Waals surface area (Å²) in [5.74, 6) is -0.0293. The van der Waals surface area contributed by atoms with E-state index in [1.165, 1.54) is 108 Å². The first-order valence-corrected chi connectivity index (χ1v) is 19.5. The highest BCUT2D eigenvalue weighted by atomic mass is 31.2. The number of nitrogens with zero attached hydrogens (tertiary/aromatic N) is 5. The van der Waals surface area contributed by atoms with Gasteiger partial charge in [-0.2, -0.15) is 10.4 Å². The van der Waals surface area contributed by atoms with Crippen molar-refractivity contribution in [2.24, 2.45) is 0 Å². The van der Waals surface area contributed by atoms with Gasteiger partial charge >= 0.3 is 8.60 Å². The Morgan fingerprint density at radius 3 is 2.06 bits per heavy atom. The maximum atomic E-state index is 12.5. The molecule has 2 aromatic heterocycles. The molecule has 0 fully saturated rings. The standard InChI is InChI=1S/C29H53N4O4P.C8H6FNO.CHN/c1-3-4-5-6-7-8-9-10-11-12-13-14-15-16-17-18-23-36-38(34)37-24-27(35-2)21-19-26-20-22-28-29(30)31-25-32-33(26)28;9-8-2-6(4-10)1-7(3-8)5-11;1-2/h20,22,25,27,34H,3-19,21,23-24H2,1-2H3,(H2,30,31,32);1-3,11H,5H2;1H. The quantitative estimate of drug-likeness (QED) is 0.0534. The predicted octanol–water partition coefficient (Wildman–Crippen LogP) is 9.10. The van der Waals surface area contributed by atoms with Gasteiger partial charge in [0.1, 0.15) is 17.7 Å². The molecule has 0 aliphatic rings. The molecule has 1 aromatic carbocycles. The molecule has 0 bridgehead atoms. The molecule has 13 heteroatoms. The van der Waals surface area contributed by atoms with Gasteiger partial charge in [-0.3, -0.25) is 0 Å². The summed E-state index contributed by atoms with van der Waals surface area (Å²) < 4.78 is 30.9. The van der Waals surface area contributed by atoms with E-state index in [4.69, 9.17) is 35.1 Å². The second kappa shape index (κ2) is 30.4. The number of rotatable bonds is 26. The number of nitrogens with two attached hydrogens (primary N) is 1. The van der Waals surface area contributed by atoms with Gasteiger partial charge in [-0.1, -0.05) is 103 Å². The molecule has 2 atom stereocenters. The van der Waals surface area contributed by atoms with Gasteiger partial charge in [-0.25, -0.2) is 19.2 Å². The molecule has 51 heavy (non-hydrogen) atoms. The summed E-state index contributed by atoms with van der Waals surface area (Å²) in [5.41, 5.74) is 8.38. The molecule has 3 rings (SSSR count). The Bertz CT molecular complexity index is 1370. The maximum absolute atomic E-state index is 12.5. The lowest BCUT2D eigenvalue weighted by atomic mass is 10.0. The lowest BCUT2D eigenvalue weighted by Crippen LogP contribution is -2.18. The molecule has 0 radical (unpaired) electrons. The fourth-order valence-electron chi connectivity index (χ4n) is 5.56. The summed E-state index contributed by atoms with van der Waals surface area (Å²) >= 11 is 0. The summed E-state index contributed by atoms with van der Waals surface area (Å²) in [5, 5.41) is 27.8. The van der Waals surface area contributed by atoms with Crippen molar-refractivity contribution in [1.29, 1.82) is 10.5 Å². The maximum Gasteiger partial charge on any atom is 0.329 e. The van der Waals surface area contributed by atoms with E-state index in [1.807, 2.05) is 12.1 Å². The molecule has 0 aliphatic carbocycles. The van der Waals surface area contributed by atoms with E-state index in [9.17, 15) is 9.28 Å². The number of nitriles is 2. The Hall–Kier alpha value is -3.22. The molecular formula is C38H60FN6O5P. The number of hydrogen-bond acceptors (Lipinski definition) is 10. The number of nitrogen functional groups attached to an aromatic ring is 1. The van der Waals surface area contributed by atoms with E-state index < -0.39 is 14.4 Å². The summed E-state index contributed by atoms with van der Waals surface area (Å²) in [6.07, 6.45) is 24.2. The average Bonchev–Trinajstić information content (AvgIpc) is 3.58. The fraction of sp³-hybridized carbons (Fsp3) is 0.632. The molecule has 2 unspecified atom stereocenters. The van der Waals surface area contributed by atoms with Crippen molar-refractivity contribution >= 4 is 19.9 Å². The number of benzene rings is 1. The normalized spacial score (nSPS) is 12.0. The van der Waals surface area contributed by atoms with Gasteiger partial charge in [-0.05, 0) is 55.2 Å². The third kappa shape index (κ3) is 21.0. The smallest absolute Gasteiger partial charge is 0.329 e. The van der Waals surface area contributed by atoms with Gasteiger partial charge < -0.3 is 29.5 Å². The van der Waals surface area contributed by atoms with E-state index in [-0.39, 0.29) is 24.9 Å². The lowest BCUT2D eigenvalue weighted by molar-refractivity contribution is 0.0440. The van der Waals surface area contributed by atoms with Gasteiger partial charge in [0.15, 0.2) is 5.82 Å². The minimum Gasteiger partial charge on any atom is -0.392 e. The zero-order chi connectivity index (χ0) is 37.5. The summed E-state index contributed by atoms with van der Waals surface area (Å²) in [6, 6.07) is 9.47. The van der Waals surface area contributed by atoms with Gasteiger partial charge in [0.25, 0.3) is 0 Å². The summed E-state index contributed by atoms with van der Waals surface area (Å²) in [6.45, 7) is 6.36. The molecule has 0 saturated carbocycles. The molecule has 11 nitrogen and oxygen atoms in total. The third-order valence-electron chi connectivity index (χ3n) is 8.46. The van der Waals surface area contributed by atoms with Crippen molar-refractivity contribution in [3.8, 4) is 12.6 Å². The number of unbranched alkanes of at least 4 members (excludes halogenated alkanes) is 15. The Labute approximate surface area is 305 Å². The Morgan fingerprint density at radius 1 is 0.922 bits per heavy atom. The summed E-state index contributed by atoms with van der Waals surface area (Å²) in [4.78, 5) is 14.1. The average molecular weight is 731 g/mol. The molecule has 0 aliphatic heterocycles. The number of fused-ring (bicyclic) bond motifs is 1. The highest BCUT2D eigenvalue weighted by Crippen LogP contribution is 2.33. The number of aliphatic hydroxyl groups excluding tert-OH is 1. The number of aliphatic hydroxyl groups is 1. The van der Waals surface area contributed by atoms with Crippen LogP contribution in [0.2, 0.25) is 0 Å². The number of aryl methyl sites for hydroxylation is 1. The van der Waals surface area contributed by atoms with Gasteiger partial charge in [-0.15, -0.1) is 0 Å². The second-order valence-corrected chi connectivity index (χ2v) is 13.4. The first-order chi connectivity index (χ1) is 24.9. The van der Waals surface area contributed by atoms with Crippen LogP contribution in [0.15, 0.2) is 36.7 Å². The van der Waals surface area contributed by atoms with Crippen LogP contribution in [0.3, 0.4) is 0 Å². The van der Waals surface area contributed by atoms with Crippen LogP contribution in [0.4, 0.5) is 10.2 Å². The number of methoxy groups -OCH3 is 1. The topological polar surface area (TPSA) is 172 Å². The van der Waals surface area contributed by atoms with Crippen molar-refractivity contribution in [2.45, 2.75) is 135 Å². The number of halogens is 1. The van der Waals surface area contributed by atoms with E-state index in [1.54, 1.807) is 17.7 Å². The molecule has 284 valence electrons. The van der Waals surface area contributed by atoms with Crippen molar-refractivity contribution in [3.63, 3.8) is 0 Å². The van der Waals surface area contributed by atoms with Gasteiger partial charge in [0.05, 0.1) is 37.6 Å². The molecule has 4 N–H and O–H groups in total. The van der Waals surface area contributed by atoms with Crippen molar-refractivity contribution in [1.82, 2.24) is 14.6 Å². The number of aromatic nitrogens is 3. The van der Waals surface area contributed by atoms with Crippen molar-refractivity contribution in [2.75, 3.05) is 26.1 Å². The number of hydrogen-bond donors (Lipinski definition) is 3. The lowest BCUT2D eigenvalue weighted by Gasteiger charge is -2.17. The van der Waals surface area contributed by atoms with Crippen LogP contribution >= 0.6 is 8.60 Å². The van der Waals surface area contributed by atoms with Crippen LogP contribution in [0.25, 0.3) is 5.52 Å². The number of anilines is 1. The molecule has 2 heterocycles. The second-order valence-electron chi connectivity index (χ2n) is 12.5. The first kappa shape index (κ1) is 45.8. The third-order valence-corrected chi connectivity index (χ3v) is 9.23. The zero-order valence-electron chi connectivity index (χ0n) is 30.7. The van der Waals surface area contributed by atoms with E-state index in [0.29, 0.717) is 18.0 Å². The van der Waals surface area contributed by atoms with Gasteiger partial charge in [0, 0.05) is 19.4 Å². The van der Waals surface area contributed by atoms with Crippen LogP contribution < -0.4 is 5.73 Å². The predicted molar refractivity (Wildman–Crippen MR) is 201 cm³/mol. The highest BCUT2D eigenvalue weighted by Gasteiger charge is 2.15. The van der Waals surface area contributed by atoms with Crippen LogP contribution in [-0.2, 0) is 26.8 Å². The largest absolute Gasteiger partial charge is 0.392 e. The van der Waals surface area contributed by atoms with Gasteiger partial charge in [0.2, 0.25) is 0 Å². The fourth-order valence-corrected chi connectivity index (χ4v) is 6.21. The van der Waals surface area contributed by atoms with Crippen LogP contribution in [0.5, 0.6) is 0 Å². The molecular weight excluding hydrogens is 670 g/mol. The highest BCUT2D eigenvalue weighted by molar-refractivity contribution is 7.40. The zero-order valence-corrected chi connectivity index (χ0v) is 31.6. The van der Waals surface area contributed by atoms with Crippen LogP contribution in [0.1, 0.15) is 133 Å². The Balaban J connectivity index is 0.000000840. The molecule has 0 spiro atoms. The van der Waals surface area contributed by atoms with Crippen molar-refractivity contribution < 1.29 is 28.2 Å². The van der Waals surface area contributed by atoms with E-state index in [0.717, 1.165) is 43.0 Å². The Morgan fingerprint density at radius 2 is 1.51 bits per heavy atom. The van der Waals surface area contributed by atoms with Crippen LogP contribution in [-0.4, -0.2) is 51.0 Å². The summed E-state index contributed by atoms with van der Waals surface area (Å²) in [7, 11) is -0.219. The van der Waals surface area contributed by atoms with Crippen molar-refractivity contribution in [3.05, 3.63) is 59.3 Å². The van der Waals surface area contributed by atoms with E-state index >= 15 is 0 Å². The number of ether oxygens (including phenoxy) is 1. The Kier molecular flexibility index (Phi) is 27.3. The molecule has 0 saturated heterocycles.